The van der Waals surface area contributed by atoms with Gasteiger partial charge in [0.1, 0.15) is 0 Å². The Morgan fingerprint density at radius 3 is 1.67 bits per heavy atom. The first kappa shape index (κ1) is 20.0. The van der Waals surface area contributed by atoms with E-state index < -0.39 is 0 Å². The zero-order chi connectivity index (χ0) is 14.4. The highest BCUT2D eigenvalue weighted by atomic mass is 35.5. The van der Waals surface area contributed by atoms with Crippen LogP contribution in [0.3, 0.4) is 0 Å². The zero-order valence-corrected chi connectivity index (χ0v) is 13.4. The highest BCUT2D eigenvalue weighted by Gasteiger charge is 2.17. The van der Waals surface area contributed by atoms with Gasteiger partial charge in [-0.25, -0.2) is 0 Å². The standard InChI is InChI=1S/C10H12O2.C2H6.2CH3Cl/c1-8-2-4-9(5-3-8)10-11-6-7-12-10;3*1-2/h2-5,10H,6-7H2,1H3;1-2H3;2*1H3. The molecular formula is C14H24Cl2O2. The molecule has 0 aromatic heterocycles. The third kappa shape index (κ3) is 7.93. The average molecular weight is 295 g/mol. The fourth-order valence-electron chi connectivity index (χ4n) is 1.27. The van der Waals surface area contributed by atoms with Crippen LogP contribution >= 0.6 is 23.2 Å². The number of alkyl halides is 2. The van der Waals surface area contributed by atoms with Crippen LogP contribution in [-0.2, 0) is 9.47 Å². The van der Waals surface area contributed by atoms with Crippen molar-refractivity contribution in [3.05, 3.63) is 35.4 Å². The summed E-state index contributed by atoms with van der Waals surface area (Å²) in [4.78, 5) is 0. The minimum Gasteiger partial charge on any atom is -0.346 e. The van der Waals surface area contributed by atoms with E-state index >= 15 is 0 Å². The number of hydrogen-bond donors (Lipinski definition) is 0. The summed E-state index contributed by atoms with van der Waals surface area (Å²) in [5.41, 5.74) is 2.37. The number of benzene rings is 1. The summed E-state index contributed by atoms with van der Waals surface area (Å²) in [6, 6.07) is 8.23. The van der Waals surface area contributed by atoms with E-state index in [0.717, 1.165) is 5.56 Å². The first-order valence-electron chi connectivity index (χ1n) is 5.91. The average Bonchev–Trinajstić information content (AvgIpc) is 3.00. The van der Waals surface area contributed by atoms with E-state index in [1.54, 1.807) is 0 Å². The Balaban J connectivity index is 0. The van der Waals surface area contributed by atoms with Crippen molar-refractivity contribution in [3.63, 3.8) is 0 Å². The Hall–Kier alpha value is -0.280. The Labute approximate surface area is 121 Å². The minimum absolute atomic E-state index is 0.134. The molecule has 2 rings (SSSR count). The molecule has 0 saturated carbocycles. The molecule has 0 amide bonds. The third-order valence-corrected chi connectivity index (χ3v) is 1.97. The van der Waals surface area contributed by atoms with Gasteiger partial charge < -0.3 is 9.47 Å². The summed E-state index contributed by atoms with van der Waals surface area (Å²) < 4.78 is 10.7. The van der Waals surface area contributed by atoms with Gasteiger partial charge in [-0.3, -0.25) is 0 Å². The molecule has 2 nitrogen and oxygen atoms in total. The topological polar surface area (TPSA) is 18.5 Å². The van der Waals surface area contributed by atoms with Crippen LogP contribution in [0.1, 0.15) is 31.3 Å². The Kier molecular flexibility index (Phi) is 16.5. The SMILES string of the molecule is CC.CCl.CCl.Cc1ccc(C2OCCO2)cc1. The monoisotopic (exact) mass is 294 g/mol. The molecule has 0 aliphatic carbocycles. The summed E-state index contributed by atoms with van der Waals surface area (Å²) >= 11 is 9.28. The zero-order valence-electron chi connectivity index (χ0n) is 11.9. The highest BCUT2D eigenvalue weighted by Crippen LogP contribution is 2.22. The van der Waals surface area contributed by atoms with E-state index in [2.05, 4.69) is 42.3 Å². The number of aryl methyl sites for hydroxylation is 1. The first-order valence-corrected chi connectivity index (χ1v) is 7.43. The fraction of sp³-hybridized carbons (Fsp3) is 0.571. The van der Waals surface area contributed by atoms with Crippen molar-refractivity contribution in [3.8, 4) is 0 Å². The molecule has 0 N–H and O–H groups in total. The molecule has 1 aromatic carbocycles. The number of halogens is 2. The summed E-state index contributed by atoms with van der Waals surface area (Å²) in [6.45, 7) is 7.48. The van der Waals surface area contributed by atoms with Gasteiger partial charge in [0.2, 0.25) is 0 Å². The van der Waals surface area contributed by atoms with E-state index in [-0.39, 0.29) is 6.29 Å². The van der Waals surface area contributed by atoms with Crippen molar-refractivity contribution >= 4 is 23.2 Å². The molecule has 1 fully saturated rings. The van der Waals surface area contributed by atoms with Gasteiger partial charge in [0.05, 0.1) is 13.2 Å². The van der Waals surface area contributed by atoms with Gasteiger partial charge in [0, 0.05) is 18.3 Å². The molecule has 1 aliphatic heterocycles. The number of hydrogen-bond acceptors (Lipinski definition) is 2. The predicted octanol–water partition coefficient (Wildman–Crippen LogP) is 4.78. The largest absolute Gasteiger partial charge is 0.346 e. The second kappa shape index (κ2) is 14.8. The number of ether oxygens (including phenoxy) is 2. The maximum atomic E-state index is 5.36. The van der Waals surface area contributed by atoms with Gasteiger partial charge in [-0.15, -0.1) is 23.2 Å². The van der Waals surface area contributed by atoms with Crippen LogP contribution in [-0.4, -0.2) is 26.0 Å². The molecule has 4 heteroatoms. The molecule has 1 aromatic rings. The Bertz CT molecular complexity index is 257. The molecule has 0 atom stereocenters. The Morgan fingerprint density at radius 2 is 1.28 bits per heavy atom. The van der Waals surface area contributed by atoms with Crippen LogP contribution in [0.4, 0.5) is 0 Å². The lowest BCUT2D eigenvalue weighted by atomic mass is 10.1. The summed E-state index contributed by atoms with van der Waals surface area (Å²) in [5.74, 6) is 0. The normalized spacial score (nSPS) is 13.3. The molecule has 1 aliphatic rings. The second-order valence-electron chi connectivity index (χ2n) is 2.98. The van der Waals surface area contributed by atoms with Gasteiger partial charge in [-0.2, -0.15) is 0 Å². The molecule has 0 bridgehead atoms. The van der Waals surface area contributed by atoms with Crippen molar-refractivity contribution in [2.24, 2.45) is 0 Å². The molecule has 0 radical (unpaired) electrons. The van der Waals surface area contributed by atoms with Crippen LogP contribution in [0.25, 0.3) is 0 Å². The van der Waals surface area contributed by atoms with E-state index in [1.807, 2.05) is 26.0 Å². The van der Waals surface area contributed by atoms with Crippen molar-refractivity contribution in [2.45, 2.75) is 27.1 Å². The number of rotatable bonds is 1. The molecule has 1 heterocycles. The van der Waals surface area contributed by atoms with E-state index in [9.17, 15) is 0 Å². The van der Waals surface area contributed by atoms with Gasteiger partial charge >= 0.3 is 0 Å². The lowest BCUT2D eigenvalue weighted by Gasteiger charge is -2.08. The summed E-state index contributed by atoms with van der Waals surface area (Å²) in [7, 11) is 0. The third-order valence-electron chi connectivity index (χ3n) is 1.97. The summed E-state index contributed by atoms with van der Waals surface area (Å²) in [6.07, 6.45) is 2.81. The van der Waals surface area contributed by atoms with Crippen LogP contribution in [0.2, 0.25) is 0 Å². The van der Waals surface area contributed by atoms with Crippen molar-refractivity contribution in [1.82, 2.24) is 0 Å². The maximum Gasteiger partial charge on any atom is 0.184 e. The van der Waals surface area contributed by atoms with Gasteiger partial charge in [0.25, 0.3) is 0 Å². The van der Waals surface area contributed by atoms with Crippen molar-refractivity contribution in [1.29, 1.82) is 0 Å². The van der Waals surface area contributed by atoms with Crippen molar-refractivity contribution < 1.29 is 9.47 Å². The first-order chi connectivity index (χ1) is 8.86. The van der Waals surface area contributed by atoms with Gasteiger partial charge in [-0.05, 0) is 6.92 Å². The molecule has 18 heavy (non-hydrogen) atoms. The van der Waals surface area contributed by atoms with E-state index in [0.29, 0.717) is 13.2 Å². The van der Waals surface area contributed by atoms with Crippen LogP contribution in [0.15, 0.2) is 24.3 Å². The molecular weight excluding hydrogens is 271 g/mol. The lowest BCUT2D eigenvalue weighted by molar-refractivity contribution is -0.0441. The molecule has 0 unspecified atom stereocenters. The molecule has 1 saturated heterocycles. The lowest BCUT2D eigenvalue weighted by Crippen LogP contribution is -1.97. The van der Waals surface area contributed by atoms with E-state index in [4.69, 9.17) is 9.47 Å². The van der Waals surface area contributed by atoms with Crippen LogP contribution in [0.5, 0.6) is 0 Å². The maximum absolute atomic E-state index is 5.36. The van der Waals surface area contributed by atoms with Crippen LogP contribution < -0.4 is 0 Å². The highest BCUT2D eigenvalue weighted by molar-refractivity contribution is 6.15. The molecule has 106 valence electrons. The minimum atomic E-state index is -0.134. The smallest absolute Gasteiger partial charge is 0.184 e. The second-order valence-corrected chi connectivity index (χ2v) is 2.98. The fourth-order valence-corrected chi connectivity index (χ4v) is 1.27. The van der Waals surface area contributed by atoms with Crippen LogP contribution in [0, 0.1) is 6.92 Å². The quantitative estimate of drug-likeness (QED) is 0.694. The molecule has 0 spiro atoms. The summed E-state index contributed by atoms with van der Waals surface area (Å²) in [5, 5.41) is 0. The Morgan fingerprint density at radius 1 is 0.889 bits per heavy atom. The van der Waals surface area contributed by atoms with Gasteiger partial charge in [-0.1, -0.05) is 43.7 Å². The van der Waals surface area contributed by atoms with Crippen molar-refractivity contribution in [2.75, 3.05) is 26.0 Å². The predicted molar refractivity (Wildman–Crippen MR) is 80.7 cm³/mol. The van der Waals surface area contributed by atoms with Gasteiger partial charge in [0.15, 0.2) is 6.29 Å². The van der Waals surface area contributed by atoms with E-state index in [1.165, 1.54) is 18.3 Å².